The maximum Gasteiger partial charge on any atom is 0.319 e. The van der Waals surface area contributed by atoms with E-state index < -0.39 is 10.8 Å². The Hall–Kier alpha value is -0.880. The van der Waals surface area contributed by atoms with Gasteiger partial charge in [-0.25, -0.2) is 4.84 Å². The summed E-state index contributed by atoms with van der Waals surface area (Å²) in [6, 6.07) is 5.28. The molecule has 0 saturated carbocycles. The van der Waals surface area contributed by atoms with Crippen LogP contribution < -0.4 is 0 Å². The van der Waals surface area contributed by atoms with Crippen molar-refractivity contribution in [2.75, 3.05) is 7.11 Å². The van der Waals surface area contributed by atoms with Gasteiger partial charge < -0.3 is 0 Å². The molecule has 0 aromatic heterocycles. The van der Waals surface area contributed by atoms with Crippen molar-refractivity contribution in [1.29, 1.82) is 0 Å². The first-order valence-electron chi connectivity index (χ1n) is 6.71. The molecule has 4 nitrogen and oxygen atoms in total. The van der Waals surface area contributed by atoms with Gasteiger partial charge in [0.2, 0.25) is 0 Å². The van der Waals surface area contributed by atoms with E-state index in [1.165, 1.54) is 7.11 Å². The molecule has 0 fully saturated rings. The molecule has 0 amide bonds. The summed E-state index contributed by atoms with van der Waals surface area (Å²) in [6.07, 6.45) is 0. The van der Waals surface area contributed by atoms with Crippen molar-refractivity contribution in [2.24, 2.45) is 0 Å². The van der Waals surface area contributed by atoms with Gasteiger partial charge in [-0.1, -0.05) is 20.8 Å². The zero-order chi connectivity index (χ0) is 16.4. The van der Waals surface area contributed by atoms with E-state index in [0.29, 0.717) is 15.5 Å². The lowest BCUT2D eigenvalue weighted by Gasteiger charge is -2.20. The van der Waals surface area contributed by atoms with E-state index in [0.717, 1.165) is 4.90 Å². The third-order valence-corrected chi connectivity index (χ3v) is 5.30. The Balaban J connectivity index is 3.34. The molecule has 6 heteroatoms. The first-order chi connectivity index (χ1) is 9.44. The lowest BCUT2D eigenvalue weighted by molar-refractivity contribution is -0.736. The van der Waals surface area contributed by atoms with Crippen LogP contribution in [0.1, 0.15) is 41.5 Å². The molecule has 118 valence electrons. The normalized spacial score (nSPS) is 13.9. The predicted octanol–water partition coefficient (Wildman–Crippen LogP) is 4.46. The highest BCUT2D eigenvalue weighted by Crippen LogP contribution is 2.36. The van der Waals surface area contributed by atoms with E-state index in [9.17, 15) is 9.12 Å². The minimum absolute atomic E-state index is 0.0000953. The minimum atomic E-state index is -1.20. The molecule has 0 aliphatic carbocycles. The minimum Gasteiger partial charge on any atom is -0.254 e. The molecular formula is C15H24NO3S2+. The largest absolute Gasteiger partial charge is 0.319 e. The Labute approximate surface area is 133 Å². The summed E-state index contributed by atoms with van der Waals surface area (Å²) in [5.41, 5.74) is 0.361. The van der Waals surface area contributed by atoms with Gasteiger partial charge in [-0.2, -0.15) is 0 Å². The van der Waals surface area contributed by atoms with Gasteiger partial charge in [0.15, 0.2) is 7.11 Å². The Kier molecular flexibility index (Phi) is 5.61. The van der Waals surface area contributed by atoms with Crippen LogP contribution in [0.3, 0.4) is 0 Å². The van der Waals surface area contributed by atoms with Gasteiger partial charge in [-0.15, -0.1) is 11.8 Å². The molecule has 0 aliphatic rings. The molecule has 1 aromatic rings. The number of hydrogen-bond acceptors (Lipinski definition) is 4. The first-order valence-corrected chi connectivity index (χ1v) is 8.68. The number of rotatable bonds is 4. The highest BCUT2D eigenvalue weighted by Gasteiger charge is 2.26. The molecule has 0 saturated heterocycles. The van der Waals surface area contributed by atoms with Crippen molar-refractivity contribution in [1.82, 2.24) is 0 Å². The van der Waals surface area contributed by atoms with E-state index in [1.807, 2.05) is 26.8 Å². The lowest BCUT2D eigenvalue weighted by Crippen LogP contribution is -2.22. The van der Waals surface area contributed by atoms with Crippen molar-refractivity contribution in [3.63, 3.8) is 0 Å². The second-order valence-electron chi connectivity index (χ2n) is 6.70. The maximum atomic E-state index is 12.6. The van der Waals surface area contributed by atoms with Gasteiger partial charge in [-0.05, 0) is 26.8 Å². The summed E-state index contributed by atoms with van der Waals surface area (Å²) in [6.45, 7) is 12.0. The smallest absolute Gasteiger partial charge is 0.254 e. The van der Waals surface area contributed by atoms with Crippen LogP contribution in [0.4, 0.5) is 5.69 Å². The fraction of sp³-hybridized carbons (Fsp3) is 0.600. The average Bonchev–Trinajstić information content (AvgIpc) is 2.33. The number of nitrogens with zero attached hydrogens (tertiary/aromatic N) is 1. The standard InChI is InChI=1S/C15H24NO3S2/c1-14(2,3)20-12-8-11(16(17)19-7)9-13(10-12)21(18)15(4,5)6/h8-10H,1-7H3/q+1. The maximum absolute atomic E-state index is 12.6. The van der Waals surface area contributed by atoms with Gasteiger partial charge >= 0.3 is 5.69 Å². The molecule has 0 radical (unpaired) electrons. The van der Waals surface area contributed by atoms with E-state index in [4.69, 9.17) is 4.84 Å². The zero-order valence-electron chi connectivity index (χ0n) is 13.7. The third kappa shape index (κ3) is 5.43. The van der Waals surface area contributed by atoms with Crippen molar-refractivity contribution in [3.8, 4) is 0 Å². The van der Waals surface area contributed by atoms with Gasteiger partial charge in [0.05, 0.1) is 15.7 Å². The molecular weight excluding hydrogens is 306 g/mol. The quantitative estimate of drug-likeness (QED) is 0.604. The average molecular weight is 330 g/mol. The summed E-state index contributed by atoms with van der Waals surface area (Å²) >= 11 is 1.63. The molecule has 1 unspecified atom stereocenters. The van der Waals surface area contributed by atoms with Crippen molar-refractivity contribution < 1.29 is 14.0 Å². The van der Waals surface area contributed by atoms with Crippen molar-refractivity contribution >= 4 is 28.2 Å². The SMILES string of the molecule is CO[N+](=O)c1cc(SC(C)(C)C)cc(S(=O)C(C)(C)C)c1. The third-order valence-electron chi connectivity index (χ3n) is 2.44. The van der Waals surface area contributed by atoms with Gasteiger partial charge in [0.1, 0.15) is 0 Å². The monoisotopic (exact) mass is 330 g/mol. The predicted molar refractivity (Wildman–Crippen MR) is 88.5 cm³/mol. The van der Waals surface area contributed by atoms with Crippen LogP contribution in [0.5, 0.6) is 0 Å². The van der Waals surface area contributed by atoms with Crippen LogP contribution in [-0.4, -0.2) is 25.7 Å². The number of hydrogen-bond donors (Lipinski definition) is 0. The van der Waals surface area contributed by atoms with Crippen LogP contribution in [0.2, 0.25) is 0 Å². The van der Waals surface area contributed by atoms with Crippen LogP contribution >= 0.6 is 11.8 Å². The van der Waals surface area contributed by atoms with E-state index in [2.05, 4.69) is 20.8 Å². The topological polar surface area (TPSA) is 46.4 Å². The second-order valence-corrected chi connectivity index (χ2v) is 10.8. The molecule has 1 rings (SSSR count). The molecule has 0 bridgehead atoms. The summed E-state index contributed by atoms with van der Waals surface area (Å²) in [4.78, 5) is 18.4. The van der Waals surface area contributed by atoms with Crippen LogP contribution in [0, 0.1) is 4.91 Å². The van der Waals surface area contributed by atoms with Crippen LogP contribution in [0.25, 0.3) is 0 Å². The van der Waals surface area contributed by atoms with Crippen LogP contribution in [-0.2, 0) is 15.6 Å². The fourth-order valence-electron chi connectivity index (χ4n) is 1.64. The van der Waals surface area contributed by atoms with E-state index >= 15 is 0 Å². The van der Waals surface area contributed by atoms with Gasteiger partial charge in [-0.3, -0.25) is 4.21 Å². The second kappa shape index (κ2) is 6.48. The molecule has 0 aliphatic heterocycles. The Morgan fingerprint density at radius 3 is 2.10 bits per heavy atom. The summed E-state index contributed by atoms with van der Waals surface area (Å²) in [5, 5.41) is 0. The molecule has 0 N–H and O–H groups in total. The zero-order valence-corrected chi connectivity index (χ0v) is 15.4. The van der Waals surface area contributed by atoms with Crippen LogP contribution in [0.15, 0.2) is 28.0 Å². The van der Waals surface area contributed by atoms with Crippen molar-refractivity contribution in [3.05, 3.63) is 23.1 Å². The number of thioether (sulfide) groups is 1. The molecule has 1 aromatic carbocycles. The number of benzene rings is 1. The summed E-state index contributed by atoms with van der Waals surface area (Å²) in [7, 11) is 0.114. The highest BCUT2D eigenvalue weighted by atomic mass is 32.2. The molecule has 0 heterocycles. The molecule has 21 heavy (non-hydrogen) atoms. The Morgan fingerprint density at radius 2 is 1.67 bits per heavy atom. The Bertz CT molecular complexity index is 557. The van der Waals surface area contributed by atoms with E-state index in [1.54, 1.807) is 23.9 Å². The fourth-order valence-corrected chi connectivity index (χ4v) is 3.96. The molecule has 1 atom stereocenters. The summed E-state index contributed by atoms with van der Waals surface area (Å²) < 4.78 is 12.2. The van der Waals surface area contributed by atoms with Gasteiger partial charge in [0, 0.05) is 31.4 Å². The summed E-state index contributed by atoms with van der Waals surface area (Å²) in [5.74, 6) is 0. The van der Waals surface area contributed by atoms with Gasteiger partial charge in [0.25, 0.3) is 4.92 Å². The van der Waals surface area contributed by atoms with E-state index in [-0.39, 0.29) is 9.49 Å². The Morgan fingerprint density at radius 1 is 1.10 bits per heavy atom. The molecule has 0 spiro atoms. The van der Waals surface area contributed by atoms with Crippen molar-refractivity contribution in [2.45, 2.75) is 60.8 Å². The lowest BCUT2D eigenvalue weighted by atomic mass is 10.3. The highest BCUT2D eigenvalue weighted by molar-refractivity contribution is 8.00. The first kappa shape index (κ1) is 18.2.